The summed E-state index contributed by atoms with van der Waals surface area (Å²) in [5.41, 5.74) is 0.559. The second-order valence-corrected chi connectivity index (χ2v) is 5.28. The van der Waals surface area contributed by atoms with Crippen molar-refractivity contribution in [2.45, 2.75) is 60.8 Å². The average Bonchev–Trinajstić information content (AvgIpc) is 2.00. The quantitative estimate of drug-likeness (QED) is 0.570. The summed E-state index contributed by atoms with van der Waals surface area (Å²) in [7, 11) is 0. The first kappa shape index (κ1) is 12.0. The molecule has 0 aliphatic rings. The van der Waals surface area contributed by atoms with E-state index in [2.05, 4.69) is 41.5 Å². The molecule has 0 aliphatic heterocycles. The second kappa shape index (κ2) is 4.89. The van der Waals surface area contributed by atoms with Crippen LogP contribution in [0.2, 0.25) is 0 Å². The molecule has 12 heavy (non-hydrogen) atoms. The topological polar surface area (TPSA) is 0 Å². The molecule has 0 heterocycles. The summed E-state index contributed by atoms with van der Waals surface area (Å²) in [6.45, 7) is 14.1. The summed E-state index contributed by atoms with van der Waals surface area (Å²) in [4.78, 5) is 0. The molecule has 1 atom stereocenters. The van der Waals surface area contributed by atoms with Gasteiger partial charge in [-0.2, -0.15) is 0 Å². The van der Waals surface area contributed by atoms with E-state index in [1.54, 1.807) is 0 Å². The van der Waals surface area contributed by atoms with E-state index in [1.165, 1.54) is 19.3 Å². The van der Waals surface area contributed by atoms with Gasteiger partial charge >= 0.3 is 0 Å². The Hall–Kier alpha value is 0. The van der Waals surface area contributed by atoms with Crippen LogP contribution in [0.15, 0.2) is 0 Å². The highest BCUT2D eigenvalue weighted by molar-refractivity contribution is 4.68. The molecule has 0 N–H and O–H groups in total. The van der Waals surface area contributed by atoms with Gasteiger partial charge in [0, 0.05) is 0 Å². The summed E-state index contributed by atoms with van der Waals surface area (Å²) in [5, 5.41) is 0. The maximum atomic E-state index is 2.38. The molecule has 0 spiro atoms. The van der Waals surface area contributed by atoms with Gasteiger partial charge in [0.2, 0.25) is 0 Å². The van der Waals surface area contributed by atoms with Gasteiger partial charge in [0.25, 0.3) is 0 Å². The van der Waals surface area contributed by atoms with Gasteiger partial charge in [-0.05, 0) is 30.1 Å². The maximum absolute atomic E-state index is 2.38. The normalized spacial score (nSPS) is 15.2. The smallest absolute Gasteiger partial charge is 0.0357 e. The Balaban J connectivity index is 3.67. The van der Waals surface area contributed by atoms with E-state index in [4.69, 9.17) is 0 Å². The fraction of sp³-hybridized carbons (Fsp3) is 1.00. The lowest BCUT2D eigenvalue weighted by atomic mass is 9.81. The van der Waals surface area contributed by atoms with E-state index in [0.717, 1.165) is 11.8 Å². The van der Waals surface area contributed by atoms with Gasteiger partial charge in [0.1, 0.15) is 0 Å². The lowest BCUT2D eigenvalue weighted by Gasteiger charge is -2.25. The van der Waals surface area contributed by atoms with Crippen LogP contribution in [0, 0.1) is 17.3 Å². The SMILES string of the molecule is CCC(C)(C)CCC(C)C(C)C. The average molecular weight is 170 g/mol. The fourth-order valence-electron chi connectivity index (χ4n) is 1.13. The highest BCUT2D eigenvalue weighted by Gasteiger charge is 2.17. The first-order chi connectivity index (χ1) is 5.39. The first-order valence-electron chi connectivity index (χ1n) is 5.39. The molecular weight excluding hydrogens is 144 g/mol. The molecule has 0 aromatic heterocycles. The summed E-state index contributed by atoms with van der Waals surface area (Å²) >= 11 is 0. The van der Waals surface area contributed by atoms with Gasteiger partial charge in [0.15, 0.2) is 0 Å². The van der Waals surface area contributed by atoms with Crippen LogP contribution in [-0.4, -0.2) is 0 Å². The zero-order chi connectivity index (χ0) is 9.78. The second-order valence-electron chi connectivity index (χ2n) is 5.28. The molecule has 1 unspecified atom stereocenters. The van der Waals surface area contributed by atoms with Crippen molar-refractivity contribution in [3.05, 3.63) is 0 Å². The van der Waals surface area contributed by atoms with E-state index in [9.17, 15) is 0 Å². The minimum Gasteiger partial charge on any atom is -0.0649 e. The van der Waals surface area contributed by atoms with E-state index >= 15 is 0 Å². The fourth-order valence-corrected chi connectivity index (χ4v) is 1.13. The third-order valence-electron chi connectivity index (χ3n) is 3.37. The number of hydrogen-bond donors (Lipinski definition) is 0. The van der Waals surface area contributed by atoms with Gasteiger partial charge in [-0.15, -0.1) is 0 Å². The third-order valence-corrected chi connectivity index (χ3v) is 3.37. The minimum atomic E-state index is 0.559. The lowest BCUT2D eigenvalue weighted by molar-refractivity contribution is 0.264. The molecule has 0 aromatic rings. The van der Waals surface area contributed by atoms with Crippen molar-refractivity contribution in [2.75, 3.05) is 0 Å². The summed E-state index contributed by atoms with van der Waals surface area (Å²) < 4.78 is 0. The Labute approximate surface area is 78.8 Å². The molecule has 0 aliphatic carbocycles. The van der Waals surface area contributed by atoms with Crippen molar-refractivity contribution < 1.29 is 0 Å². The monoisotopic (exact) mass is 170 g/mol. The largest absolute Gasteiger partial charge is 0.0649 e. The molecule has 0 radical (unpaired) electrons. The Bertz CT molecular complexity index is 111. The summed E-state index contributed by atoms with van der Waals surface area (Å²) in [6, 6.07) is 0. The number of rotatable bonds is 5. The Morgan fingerprint density at radius 1 is 1.08 bits per heavy atom. The lowest BCUT2D eigenvalue weighted by Crippen LogP contribution is -2.13. The Morgan fingerprint density at radius 3 is 1.92 bits per heavy atom. The van der Waals surface area contributed by atoms with Gasteiger partial charge in [0.05, 0.1) is 0 Å². The highest BCUT2D eigenvalue weighted by Crippen LogP contribution is 2.29. The minimum absolute atomic E-state index is 0.559. The van der Waals surface area contributed by atoms with E-state index in [1.807, 2.05) is 0 Å². The van der Waals surface area contributed by atoms with Crippen LogP contribution in [0.25, 0.3) is 0 Å². The molecule has 0 saturated carbocycles. The number of hydrogen-bond acceptors (Lipinski definition) is 0. The van der Waals surface area contributed by atoms with Crippen LogP contribution in [0.1, 0.15) is 60.8 Å². The third kappa shape index (κ3) is 4.79. The molecule has 0 aromatic carbocycles. The van der Waals surface area contributed by atoms with Crippen molar-refractivity contribution >= 4 is 0 Å². The molecule has 0 bridgehead atoms. The van der Waals surface area contributed by atoms with Crippen LogP contribution in [0.5, 0.6) is 0 Å². The highest BCUT2D eigenvalue weighted by atomic mass is 14.2. The first-order valence-corrected chi connectivity index (χ1v) is 5.39. The van der Waals surface area contributed by atoms with Gasteiger partial charge in [-0.25, -0.2) is 0 Å². The molecule has 0 saturated heterocycles. The molecule has 74 valence electrons. The molecule has 0 heteroatoms. The van der Waals surface area contributed by atoms with Crippen molar-refractivity contribution in [3.8, 4) is 0 Å². The van der Waals surface area contributed by atoms with E-state index < -0.39 is 0 Å². The zero-order valence-electron chi connectivity index (χ0n) is 9.78. The Kier molecular flexibility index (Phi) is 4.89. The van der Waals surface area contributed by atoms with Crippen LogP contribution < -0.4 is 0 Å². The summed E-state index contributed by atoms with van der Waals surface area (Å²) in [6.07, 6.45) is 4.07. The van der Waals surface area contributed by atoms with Gasteiger partial charge in [-0.3, -0.25) is 0 Å². The van der Waals surface area contributed by atoms with Crippen molar-refractivity contribution in [1.29, 1.82) is 0 Å². The molecule has 0 amide bonds. The van der Waals surface area contributed by atoms with Crippen molar-refractivity contribution in [2.24, 2.45) is 17.3 Å². The molecule has 0 fully saturated rings. The standard InChI is InChI=1S/C12H26/c1-7-12(5,6)9-8-11(4)10(2)3/h10-11H,7-9H2,1-6H3. The van der Waals surface area contributed by atoms with E-state index in [-0.39, 0.29) is 0 Å². The van der Waals surface area contributed by atoms with E-state index in [0.29, 0.717) is 5.41 Å². The predicted octanol–water partition coefficient (Wildman–Crippen LogP) is 4.49. The molecule has 0 rings (SSSR count). The van der Waals surface area contributed by atoms with Crippen LogP contribution in [0.4, 0.5) is 0 Å². The summed E-state index contributed by atoms with van der Waals surface area (Å²) in [5.74, 6) is 1.73. The Morgan fingerprint density at radius 2 is 1.58 bits per heavy atom. The molecule has 0 nitrogen and oxygen atoms in total. The maximum Gasteiger partial charge on any atom is -0.0357 e. The van der Waals surface area contributed by atoms with Crippen LogP contribution >= 0.6 is 0 Å². The zero-order valence-corrected chi connectivity index (χ0v) is 9.78. The van der Waals surface area contributed by atoms with Gasteiger partial charge < -0.3 is 0 Å². The van der Waals surface area contributed by atoms with Crippen LogP contribution in [0.3, 0.4) is 0 Å². The van der Waals surface area contributed by atoms with Crippen molar-refractivity contribution in [1.82, 2.24) is 0 Å². The molecular formula is C12H26. The predicted molar refractivity (Wildman–Crippen MR) is 57.3 cm³/mol. The van der Waals surface area contributed by atoms with Crippen molar-refractivity contribution in [3.63, 3.8) is 0 Å². The van der Waals surface area contributed by atoms with Crippen LogP contribution in [-0.2, 0) is 0 Å². The van der Waals surface area contributed by atoms with Gasteiger partial charge in [-0.1, -0.05) is 48.0 Å².